The van der Waals surface area contributed by atoms with Crippen molar-refractivity contribution in [3.05, 3.63) is 48.0 Å². The van der Waals surface area contributed by atoms with Crippen molar-refractivity contribution in [1.29, 1.82) is 0 Å². The lowest BCUT2D eigenvalue weighted by Crippen LogP contribution is -2.17. The van der Waals surface area contributed by atoms with E-state index in [1.54, 1.807) is 50.5 Å². The number of amides is 2. The van der Waals surface area contributed by atoms with Gasteiger partial charge in [-0.1, -0.05) is 12.1 Å². The number of carbonyl (C=O) groups is 3. The second-order valence-electron chi connectivity index (χ2n) is 5.94. The Balaban J connectivity index is 2.21. The van der Waals surface area contributed by atoms with Gasteiger partial charge in [-0.15, -0.1) is 0 Å². The second kappa shape index (κ2) is 10.4. The maximum absolute atomic E-state index is 12.7. The topological polar surface area (TPSA) is 94.2 Å². The molecule has 0 spiro atoms. The van der Waals surface area contributed by atoms with Gasteiger partial charge in [-0.2, -0.15) is 0 Å². The van der Waals surface area contributed by atoms with Gasteiger partial charge in [-0.05, 0) is 42.1 Å². The fourth-order valence-corrected chi connectivity index (χ4v) is 2.91. The first-order chi connectivity index (χ1) is 13.8. The molecule has 154 valence electrons. The molecule has 1 N–H and O–H groups in total. The number of thioether (sulfide) groups is 1. The van der Waals surface area contributed by atoms with Gasteiger partial charge in [0.1, 0.15) is 0 Å². The van der Waals surface area contributed by atoms with E-state index in [9.17, 15) is 14.4 Å². The summed E-state index contributed by atoms with van der Waals surface area (Å²) < 4.78 is 15.1. The fraction of sp³-hybridized carbons (Fsp3) is 0.250. The molecule has 9 heteroatoms. The molecule has 2 aromatic carbocycles. The molecule has 0 atom stereocenters. The summed E-state index contributed by atoms with van der Waals surface area (Å²) in [5, 5.41) is 2.64. The Morgan fingerprint density at radius 1 is 1.03 bits per heavy atom. The third-order valence-corrected chi connectivity index (χ3v) is 4.81. The highest BCUT2D eigenvalue weighted by Crippen LogP contribution is 2.31. The molecule has 0 aliphatic heterocycles. The van der Waals surface area contributed by atoms with Crippen LogP contribution in [0.3, 0.4) is 0 Å². The minimum atomic E-state index is -0.557. The first-order valence-electron chi connectivity index (χ1n) is 8.53. The van der Waals surface area contributed by atoms with Crippen LogP contribution >= 0.6 is 11.8 Å². The number of rotatable bonds is 7. The van der Waals surface area contributed by atoms with Crippen LogP contribution in [0.1, 0.15) is 10.4 Å². The van der Waals surface area contributed by atoms with Crippen LogP contribution in [0.15, 0.2) is 47.4 Å². The Bertz CT molecular complexity index is 900. The number of para-hydroxylation sites is 1. The van der Waals surface area contributed by atoms with Crippen molar-refractivity contribution in [2.45, 2.75) is 4.90 Å². The summed E-state index contributed by atoms with van der Waals surface area (Å²) in [7, 11) is 6.02. The largest absolute Gasteiger partial charge is 0.493 e. The molecule has 0 aromatic heterocycles. The predicted octanol–water partition coefficient (Wildman–Crippen LogP) is 3.27. The molecule has 8 nitrogen and oxygen atoms in total. The molecule has 2 rings (SSSR count). The molecule has 2 aromatic rings. The van der Waals surface area contributed by atoms with Gasteiger partial charge < -0.3 is 24.4 Å². The standard InChI is InChI=1S/C20H22N2O6S/c1-22(2)20(25)29-17-8-6-5-7-14(17)21-19(24)13-9-10-15(26-3)16(11-13)28-12-18(23)27-4/h5-11H,12H2,1-4H3,(H,21,24). The summed E-state index contributed by atoms with van der Waals surface area (Å²) in [6.07, 6.45) is 0. The number of hydrogen-bond donors (Lipinski definition) is 1. The van der Waals surface area contributed by atoms with E-state index in [4.69, 9.17) is 9.47 Å². The molecule has 0 saturated carbocycles. The Labute approximate surface area is 173 Å². The molecule has 0 fully saturated rings. The Morgan fingerprint density at radius 2 is 1.76 bits per heavy atom. The average molecular weight is 418 g/mol. The van der Waals surface area contributed by atoms with Gasteiger partial charge in [0.15, 0.2) is 18.1 Å². The average Bonchev–Trinajstić information content (AvgIpc) is 2.72. The van der Waals surface area contributed by atoms with E-state index in [0.717, 1.165) is 11.8 Å². The van der Waals surface area contributed by atoms with Gasteiger partial charge in [-0.25, -0.2) is 4.79 Å². The maximum Gasteiger partial charge on any atom is 0.343 e. The van der Waals surface area contributed by atoms with Gasteiger partial charge in [0, 0.05) is 24.6 Å². The third-order valence-electron chi connectivity index (χ3n) is 3.70. The van der Waals surface area contributed by atoms with Crippen molar-refractivity contribution in [2.24, 2.45) is 0 Å². The Hall–Kier alpha value is -3.20. The van der Waals surface area contributed by atoms with Gasteiger partial charge in [0.05, 0.1) is 19.9 Å². The smallest absolute Gasteiger partial charge is 0.343 e. The van der Waals surface area contributed by atoms with Gasteiger partial charge >= 0.3 is 5.97 Å². The quantitative estimate of drug-likeness (QED) is 0.545. The molecule has 0 heterocycles. The van der Waals surface area contributed by atoms with Crippen LogP contribution in [0.25, 0.3) is 0 Å². The lowest BCUT2D eigenvalue weighted by atomic mass is 10.2. The van der Waals surface area contributed by atoms with Crippen LogP contribution < -0.4 is 14.8 Å². The number of ether oxygens (including phenoxy) is 3. The number of methoxy groups -OCH3 is 2. The number of esters is 1. The van der Waals surface area contributed by atoms with Crippen molar-refractivity contribution in [3.63, 3.8) is 0 Å². The lowest BCUT2D eigenvalue weighted by molar-refractivity contribution is -0.142. The van der Waals surface area contributed by atoms with E-state index in [-0.39, 0.29) is 17.6 Å². The van der Waals surface area contributed by atoms with E-state index in [0.29, 0.717) is 21.9 Å². The maximum atomic E-state index is 12.7. The van der Waals surface area contributed by atoms with E-state index < -0.39 is 11.9 Å². The van der Waals surface area contributed by atoms with E-state index >= 15 is 0 Å². The van der Waals surface area contributed by atoms with Crippen molar-refractivity contribution in [3.8, 4) is 11.5 Å². The van der Waals surface area contributed by atoms with Crippen LogP contribution in [0.5, 0.6) is 11.5 Å². The number of benzene rings is 2. The monoisotopic (exact) mass is 418 g/mol. The van der Waals surface area contributed by atoms with Crippen molar-refractivity contribution in [1.82, 2.24) is 4.90 Å². The third kappa shape index (κ3) is 6.15. The summed E-state index contributed by atoms with van der Waals surface area (Å²) >= 11 is 1.01. The Kier molecular flexibility index (Phi) is 7.90. The van der Waals surface area contributed by atoms with Crippen LogP contribution in [-0.4, -0.2) is 56.9 Å². The molecule has 0 aliphatic rings. The fourth-order valence-electron chi connectivity index (χ4n) is 2.17. The first kappa shape index (κ1) is 22.1. The zero-order valence-electron chi connectivity index (χ0n) is 16.6. The van der Waals surface area contributed by atoms with Crippen molar-refractivity contribution in [2.75, 3.05) is 40.2 Å². The van der Waals surface area contributed by atoms with Gasteiger partial charge in [0.25, 0.3) is 11.1 Å². The summed E-state index contributed by atoms with van der Waals surface area (Å²) in [4.78, 5) is 38.1. The van der Waals surface area contributed by atoms with Gasteiger partial charge in [-0.3, -0.25) is 9.59 Å². The van der Waals surface area contributed by atoms with Gasteiger partial charge in [0.2, 0.25) is 0 Å². The van der Waals surface area contributed by atoms with E-state index in [1.165, 1.54) is 25.2 Å². The number of nitrogens with zero attached hydrogens (tertiary/aromatic N) is 1. The van der Waals surface area contributed by atoms with Crippen LogP contribution in [0.4, 0.5) is 10.5 Å². The molecular weight excluding hydrogens is 396 g/mol. The Morgan fingerprint density at radius 3 is 2.41 bits per heavy atom. The minimum absolute atomic E-state index is 0.158. The second-order valence-corrected chi connectivity index (χ2v) is 6.94. The molecule has 0 bridgehead atoms. The highest BCUT2D eigenvalue weighted by atomic mass is 32.2. The normalized spacial score (nSPS) is 10.1. The molecule has 0 radical (unpaired) electrons. The predicted molar refractivity (Wildman–Crippen MR) is 110 cm³/mol. The van der Waals surface area contributed by atoms with Crippen LogP contribution in [0, 0.1) is 0 Å². The molecule has 0 saturated heterocycles. The van der Waals surface area contributed by atoms with Crippen molar-refractivity contribution < 1.29 is 28.6 Å². The zero-order valence-corrected chi connectivity index (χ0v) is 17.4. The molecule has 0 unspecified atom stereocenters. The van der Waals surface area contributed by atoms with Crippen molar-refractivity contribution >= 4 is 34.6 Å². The highest BCUT2D eigenvalue weighted by molar-refractivity contribution is 8.13. The van der Waals surface area contributed by atoms with E-state index in [1.807, 2.05) is 0 Å². The summed E-state index contributed by atoms with van der Waals surface area (Å²) in [6, 6.07) is 11.6. The number of hydrogen-bond acceptors (Lipinski definition) is 7. The molecule has 2 amide bonds. The summed E-state index contributed by atoms with van der Waals surface area (Å²) in [6.45, 7) is -0.315. The molecule has 29 heavy (non-hydrogen) atoms. The summed E-state index contributed by atoms with van der Waals surface area (Å²) in [5.74, 6) is -0.353. The molecule has 0 aliphatic carbocycles. The minimum Gasteiger partial charge on any atom is -0.493 e. The first-order valence-corrected chi connectivity index (χ1v) is 9.34. The summed E-state index contributed by atoms with van der Waals surface area (Å²) in [5.41, 5.74) is 0.801. The van der Waals surface area contributed by atoms with E-state index in [2.05, 4.69) is 10.1 Å². The van der Waals surface area contributed by atoms with Crippen LogP contribution in [-0.2, 0) is 9.53 Å². The number of nitrogens with one attached hydrogen (secondary N) is 1. The highest BCUT2D eigenvalue weighted by Gasteiger charge is 2.16. The number of anilines is 1. The SMILES string of the molecule is COC(=O)COc1cc(C(=O)Nc2ccccc2SC(=O)N(C)C)ccc1OC. The lowest BCUT2D eigenvalue weighted by Gasteiger charge is -2.14. The van der Waals surface area contributed by atoms with Crippen LogP contribution in [0.2, 0.25) is 0 Å². The molecular formula is C20H22N2O6S. The zero-order chi connectivity index (χ0) is 21.4. The number of carbonyl (C=O) groups excluding carboxylic acids is 3.